The average molecular weight is 474 g/mol. The molecule has 2 N–H and O–H groups in total. The zero-order valence-corrected chi connectivity index (χ0v) is 19.5. The van der Waals surface area contributed by atoms with Crippen molar-refractivity contribution >= 4 is 35.3 Å². The summed E-state index contributed by atoms with van der Waals surface area (Å²) in [6, 6.07) is 5.90. The molecule has 0 radical (unpaired) electrons. The molecule has 0 aliphatic rings. The van der Waals surface area contributed by atoms with Crippen molar-refractivity contribution in [2.75, 3.05) is 10.2 Å². The maximum Gasteiger partial charge on any atom is 0.413 e. The first kappa shape index (κ1) is 23.9. The summed E-state index contributed by atoms with van der Waals surface area (Å²) in [5.74, 6) is 0.204. The van der Waals surface area contributed by atoms with Crippen molar-refractivity contribution in [1.29, 1.82) is 0 Å². The van der Waals surface area contributed by atoms with E-state index in [0.29, 0.717) is 16.9 Å². The smallest absolute Gasteiger partial charge is 0.413 e. The second-order valence-corrected chi connectivity index (χ2v) is 8.51. The first-order chi connectivity index (χ1) is 15.5. The fraction of sp³-hybridized carbons (Fsp3) is 0.333. The molecule has 1 atom stereocenters. The van der Waals surface area contributed by atoms with E-state index in [1.54, 1.807) is 59.0 Å². The number of carbonyl (C=O) groups is 2. The molecule has 174 valence electrons. The van der Waals surface area contributed by atoms with E-state index in [-0.39, 0.29) is 16.7 Å². The average Bonchev–Trinajstić information content (AvgIpc) is 3.08. The maximum atomic E-state index is 12.3. The van der Waals surface area contributed by atoms with Crippen molar-refractivity contribution in [3.8, 4) is 11.4 Å². The minimum Gasteiger partial charge on any atom is -0.465 e. The molecular formula is C21H24ClN7O4. The molecule has 0 fully saturated rings. The molecule has 1 unspecified atom stereocenters. The fourth-order valence-corrected chi connectivity index (χ4v) is 3.38. The van der Waals surface area contributed by atoms with E-state index in [2.05, 4.69) is 25.6 Å². The lowest BCUT2D eigenvalue weighted by atomic mass is 10.1. The Labute approximate surface area is 195 Å². The van der Waals surface area contributed by atoms with Gasteiger partial charge in [-0.15, -0.1) is 5.10 Å². The molecule has 0 aliphatic heterocycles. The lowest BCUT2D eigenvalue weighted by Crippen LogP contribution is -2.34. The molecule has 12 heteroatoms. The van der Waals surface area contributed by atoms with E-state index in [0.717, 1.165) is 4.90 Å². The summed E-state index contributed by atoms with van der Waals surface area (Å²) in [6.07, 6.45) is 1.11. The van der Waals surface area contributed by atoms with E-state index < -0.39 is 23.8 Å². The minimum absolute atomic E-state index is 0.198. The van der Waals surface area contributed by atoms with Crippen LogP contribution in [0.25, 0.3) is 11.4 Å². The van der Waals surface area contributed by atoms with Crippen LogP contribution in [0.4, 0.5) is 21.1 Å². The van der Waals surface area contributed by atoms with Gasteiger partial charge in [0.05, 0.1) is 23.6 Å². The quantitative estimate of drug-likeness (QED) is 0.516. The van der Waals surface area contributed by atoms with Crippen molar-refractivity contribution < 1.29 is 19.4 Å². The third kappa shape index (κ3) is 5.55. The molecule has 0 saturated heterocycles. The number of hydrogen-bond donors (Lipinski definition) is 2. The number of halogens is 1. The van der Waals surface area contributed by atoms with Gasteiger partial charge in [0.15, 0.2) is 11.5 Å². The van der Waals surface area contributed by atoms with Crippen LogP contribution < -0.4 is 10.2 Å². The van der Waals surface area contributed by atoms with Crippen LogP contribution in [0.1, 0.15) is 39.3 Å². The fourth-order valence-electron chi connectivity index (χ4n) is 3.11. The number of pyridine rings is 2. The molecule has 0 spiro atoms. The van der Waals surface area contributed by atoms with Crippen LogP contribution in [-0.2, 0) is 11.8 Å². The van der Waals surface area contributed by atoms with Crippen LogP contribution in [-0.4, -0.2) is 47.9 Å². The van der Waals surface area contributed by atoms with E-state index >= 15 is 0 Å². The number of anilines is 2. The van der Waals surface area contributed by atoms with Gasteiger partial charge in [-0.3, -0.25) is 15.2 Å². The Morgan fingerprint density at radius 2 is 1.97 bits per heavy atom. The van der Waals surface area contributed by atoms with Crippen molar-refractivity contribution in [1.82, 2.24) is 25.0 Å². The molecule has 0 bridgehead atoms. The molecule has 33 heavy (non-hydrogen) atoms. The Kier molecular flexibility index (Phi) is 6.82. The van der Waals surface area contributed by atoms with Gasteiger partial charge >= 0.3 is 12.2 Å². The number of carbonyl (C=O) groups excluding carboxylic acids is 1. The van der Waals surface area contributed by atoms with Crippen molar-refractivity contribution in [2.45, 2.75) is 39.3 Å². The van der Waals surface area contributed by atoms with Gasteiger partial charge < -0.3 is 9.84 Å². The van der Waals surface area contributed by atoms with Crippen molar-refractivity contribution in [2.24, 2.45) is 7.05 Å². The summed E-state index contributed by atoms with van der Waals surface area (Å²) >= 11 is 6.20. The molecule has 0 aromatic carbocycles. The summed E-state index contributed by atoms with van der Waals surface area (Å²) in [6.45, 7) is 6.97. The number of amides is 2. The molecular weight excluding hydrogens is 450 g/mol. The van der Waals surface area contributed by atoms with Gasteiger partial charge in [-0.05, 0) is 45.9 Å². The summed E-state index contributed by atoms with van der Waals surface area (Å²) in [7, 11) is 1.58. The number of aromatic nitrogens is 5. The van der Waals surface area contributed by atoms with Gasteiger partial charge in [0.25, 0.3) is 0 Å². The highest BCUT2D eigenvalue weighted by atomic mass is 35.5. The number of ether oxygens (including phenoxy) is 1. The minimum atomic E-state index is -1.22. The van der Waals surface area contributed by atoms with Crippen LogP contribution in [0.15, 0.2) is 36.7 Å². The lowest BCUT2D eigenvalue weighted by molar-refractivity contribution is 0.0636. The van der Waals surface area contributed by atoms with Gasteiger partial charge in [-0.1, -0.05) is 22.9 Å². The first-order valence-corrected chi connectivity index (χ1v) is 10.3. The molecule has 2 amide bonds. The van der Waals surface area contributed by atoms with E-state index in [4.69, 9.17) is 16.3 Å². The van der Waals surface area contributed by atoms with Gasteiger partial charge in [-0.25, -0.2) is 19.3 Å². The molecule has 3 aromatic heterocycles. The number of rotatable bonds is 5. The maximum absolute atomic E-state index is 12.3. The number of carboxylic acid groups (broad SMARTS) is 1. The number of hydrogen-bond acceptors (Lipinski definition) is 7. The topological polar surface area (TPSA) is 135 Å². The Balaban J connectivity index is 1.93. The first-order valence-electron chi connectivity index (χ1n) is 9.96. The van der Waals surface area contributed by atoms with Gasteiger partial charge in [0.1, 0.15) is 10.8 Å². The van der Waals surface area contributed by atoms with Crippen LogP contribution in [0.3, 0.4) is 0 Å². The molecule has 0 saturated carbocycles. The number of nitrogens with one attached hydrogen (secondary N) is 1. The Hall–Kier alpha value is -3.73. The predicted octanol–water partition coefficient (Wildman–Crippen LogP) is 4.52. The summed E-state index contributed by atoms with van der Waals surface area (Å²) in [5, 5.41) is 20.9. The number of nitrogens with zero attached hydrogens (tertiary/aromatic N) is 6. The third-order valence-electron chi connectivity index (χ3n) is 4.51. The van der Waals surface area contributed by atoms with Crippen LogP contribution in [0, 0.1) is 0 Å². The van der Waals surface area contributed by atoms with Crippen molar-refractivity contribution in [3.63, 3.8) is 0 Å². The van der Waals surface area contributed by atoms with Crippen LogP contribution in [0.2, 0.25) is 5.15 Å². The zero-order valence-electron chi connectivity index (χ0n) is 18.8. The molecule has 11 nitrogen and oxygen atoms in total. The highest BCUT2D eigenvalue weighted by Crippen LogP contribution is 2.35. The SMILES string of the molecule is CC(c1cccnc1Cl)N(C(=O)O)c1c(-c2ccc(NC(=O)OC(C)(C)C)cn2)nnn1C. The van der Waals surface area contributed by atoms with Crippen LogP contribution >= 0.6 is 11.6 Å². The van der Waals surface area contributed by atoms with Gasteiger partial charge in [0, 0.05) is 18.8 Å². The van der Waals surface area contributed by atoms with E-state index in [1.807, 2.05) is 0 Å². The molecule has 0 aliphatic carbocycles. The molecule has 3 aromatic rings. The second-order valence-electron chi connectivity index (χ2n) is 8.16. The predicted molar refractivity (Wildman–Crippen MR) is 122 cm³/mol. The summed E-state index contributed by atoms with van der Waals surface area (Å²) < 4.78 is 6.57. The monoisotopic (exact) mass is 473 g/mol. The largest absolute Gasteiger partial charge is 0.465 e. The second kappa shape index (κ2) is 9.41. The van der Waals surface area contributed by atoms with E-state index in [1.165, 1.54) is 17.1 Å². The zero-order chi connectivity index (χ0) is 24.3. The van der Waals surface area contributed by atoms with E-state index in [9.17, 15) is 14.7 Å². The Morgan fingerprint density at radius 1 is 1.24 bits per heavy atom. The van der Waals surface area contributed by atoms with Crippen LogP contribution in [0.5, 0.6) is 0 Å². The van der Waals surface area contributed by atoms with Gasteiger partial charge in [-0.2, -0.15) is 0 Å². The highest BCUT2D eigenvalue weighted by Gasteiger charge is 2.31. The summed E-state index contributed by atoms with van der Waals surface area (Å²) in [4.78, 5) is 33.7. The Morgan fingerprint density at radius 3 is 2.55 bits per heavy atom. The Bertz CT molecular complexity index is 1160. The van der Waals surface area contributed by atoms with Crippen molar-refractivity contribution in [3.05, 3.63) is 47.4 Å². The highest BCUT2D eigenvalue weighted by molar-refractivity contribution is 6.30. The lowest BCUT2D eigenvalue weighted by Gasteiger charge is -2.27. The third-order valence-corrected chi connectivity index (χ3v) is 4.82. The summed E-state index contributed by atoms with van der Waals surface area (Å²) in [5.41, 5.74) is 0.905. The normalized spacial score (nSPS) is 12.2. The van der Waals surface area contributed by atoms with Gasteiger partial charge in [0.2, 0.25) is 0 Å². The molecule has 3 heterocycles. The number of aryl methyl sites for hydroxylation is 1. The molecule has 3 rings (SSSR count). The standard InChI is InChI=1S/C21H24ClN7O4/c1-12(14-7-6-10-23-17(14)22)29(20(31)32)18-16(26-27-28(18)5)15-9-8-13(11-24-15)25-19(30)33-21(2,3)4/h6-12H,1-5H3,(H,25,30)(H,31,32).